The fraction of sp³-hybridized carbons (Fsp3) is 0.619. The van der Waals surface area contributed by atoms with Gasteiger partial charge in [0.1, 0.15) is 0 Å². The van der Waals surface area contributed by atoms with Gasteiger partial charge in [0.25, 0.3) is 0 Å². The lowest BCUT2D eigenvalue weighted by Gasteiger charge is -2.34. The van der Waals surface area contributed by atoms with Gasteiger partial charge in [-0.1, -0.05) is 49.8 Å². The Labute approximate surface area is 128 Å². The first-order valence-electron chi connectivity index (χ1n) is 8.87. The topological polar surface area (TPSA) is 0 Å². The Bertz CT molecular complexity index is 639. The maximum absolute atomic E-state index is 2.65. The second kappa shape index (κ2) is 3.83. The number of benzene rings is 1. The van der Waals surface area contributed by atoms with E-state index < -0.39 is 0 Å². The summed E-state index contributed by atoms with van der Waals surface area (Å²) in [6, 6.07) is 9.32. The van der Waals surface area contributed by atoms with Gasteiger partial charge in [-0.2, -0.15) is 0 Å². The Kier molecular flexibility index (Phi) is 2.28. The van der Waals surface area contributed by atoms with E-state index in [2.05, 4.69) is 44.2 Å². The van der Waals surface area contributed by atoms with Crippen LogP contribution >= 0.6 is 0 Å². The van der Waals surface area contributed by atoms with Crippen molar-refractivity contribution in [3.8, 4) is 0 Å². The predicted octanol–water partition coefficient (Wildman–Crippen LogP) is 5.49. The zero-order valence-electron chi connectivity index (χ0n) is 13.4. The SMILES string of the molecule is CC12CC3CC/C3=C/C[C@@H]3Cc4ccccc4C3C1(C)C2. The molecular weight excluding hydrogens is 252 g/mol. The van der Waals surface area contributed by atoms with Crippen LogP contribution in [-0.4, -0.2) is 0 Å². The van der Waals surface area contributed by atoms with Crippen LogP contribution in [0.5, 0.6) is 0 Å². The molecule has 0 bridgehead atoms. The lowest BCUT2D eigenvalue weighted by atomic mass is 9.70. The maximum atomic E-state index is 2.65. The van der Waals surface area contributed by atoms with Crippen LogP contribution in [0.25, 0.3) is 0 Å². The van der Waals surface area contributed by atoms with Crippen molar-refractivity contribution in [2.24, 2.45) is 22.7 Å². The lowest BCUT2D eigenvalue weighted by Crippen LogP contribution is -2.24. The molecule has 4 aliphatic carbocycles. The van der Waals surface area contributed by atoms with Crippen molar-refractivity contribution in [3.63, 3.8) is 0 Å². The average molecular weight is 278 g/mol. The van der Waals surface area contributed by atoms with Gasteiger partial charge in [-0.3, -0.25) is 0 Å². The lowest BCUT2D eigenvalue weighted by molar-refractivity contribution is 0.231. The molecule has 0 aromatic heterocycles. The van der Waals surface area contributed by atoms with E-state index in [4.69, 9.17) is 0 Å². The molecule has 4 aliphatic rings. The molecule has 0 saturated heterocycles. The van der Waals surface area contributed by atoms with Crippen molar-refractivity contribution in [2.75, 3.05) is 0 Å². The molecule has 5 atom stereocenters. The van der Waals surface area contributed by atoms with Crippen LogP contribution in [0.1, 0.15) is 63.0 Å². The molecule has 4 unspecified atom stereocenters. The summed E-state index contributed by atoms with van der Waals surface area (Å²) >= 11 is 0. The zero-order valence-corrected chi connectivity index (χ0v) is 13.4. The van der Waals surface area contributed by atoms with Crippen molar-refractivity contribution in [3.05, 3.63) is 47.0 Å². The molecular formula is C21H26. The van der Waals surface area contributed by atoms with E-state index in [-0.39, 0.29) is 0 Å². The van der Waals surface area contributed by atoms with E-state index in [0.717, 1.165) is 17.8 Å². The first kappa shape index (κ1) is 12.5. The summed E-state index contributed by atoms with van der Waals surface area (Å²) in [5.41, 5.74) is 6.31. The summed E-state index contributed by atoms with van der Waals surface area (Å²) in [4.78, 5) is 0. The molecule has 0 amide bonds. The summed E-state index contributed by atoms with van der Waals surface area (Å²) in [5, 5.41) is 0. The summed E-state index contributed by atoms with van der Waals surface area (Å²) in [6.07, 6.45) is 11.1. The Morgan fingerprint density at radius 3 is 2.81 bits per heavy atom. The van der Waals surface area contributed by atoms with Crippen LogP contribution in [0.3, 0.4) is 0 Å². The molecule has 1 aromatic carbocycles. The van der Waals surface area contributed by atoms with Crippen LogP contribution in [0.15, 0.2) is 35.9 Å². The van der Waals surface area contributed by atoms with Crippen molar-refractivity contribution in [2.45, 2.75) is 58.3 Å². The van der Waals surface area contributed by atoms with Gasteiger partial charge in [0.2, 0.25) is 0 Å². The first-order chi connectivity index (χ1) is 10.1. The van der Waals surface area contributed by atoms with Crippen LogP contribution in [0.2, 0.25) is 0 Å². The third-order valence-electron chi connectivity index (χ3n) is 7.73. The third kappa shape index (κ3) is 1.52. The van der Waals surface area contributed by atoms with Crippen LogP contribution in [0.4, 0.5) is 0 Å². The van der Waals surface area contributed by atoms with Crippen molar-refractivity contribution < 1.29 is 0 Å². The summed E-state index contributed by atoms with van der Waals surface area (Å²) in [7, 11) is 0. The highest BCUT2D eigenvalue weighted by atomic mass is 14.7. The fourth-order valence-corrected chi connectivity index (χ4v) is 6.18. The minimum atomic E-state index is 0.559. The van der Waals surface area contributed by atoms with Gasteiger partial charge in [-0.15, -0.1) is 0 Å². The summed E-state index contributed by atoms with van der Waals surface area (Å²) in [5.74, 6) is 2.61. The molecule has 0 nitrogen and oxygen atoms in total. The van der Waals surface area contributed by atoms with E-state index >= 15 is 0 Å². The molecule has 5 rings (SSSR count). The van der Waals surface area contributed by atoms with Gasteiger partial charge in [0.15, 0.2) is 0 Å². The number of fused-ring (bicyclic) bond motifs is 6. The van der Waals surface area contributed by atoms with Gasteiger partial charge in [-0.05, 0) is 78.2 Å². The largest absolute Gasteiger partial charge is 0.0847 e. The second-order valence-electron chi connectivity index (χ2n) is 8.75. The Hall–Kier alpha value is -1.04. The highest BCUT2D eigenvalue weighted by Gasteiger charge is 2.67. The molecule has 2 fully saturated rings. The predicted molar refractivity (Wildman–Crippen MR) is 87.2 cm³/mol. The van der Waals surface area contributed by atoms with E-state index in [0.29, 0.717) is 10.8 Å². The molecule has 0 heteroatoms. The molecule has 0 radical (unpaired) electrons. The van der Waals surface area contributed by atoms with E-state index in [1.54, 1.807) is 11.1 Å². The Balaban J connectivity index is 1.62. The minimum Gasteiger partial charge on any atom is -0.0847 e. The van der Waals surface area contributed by atoms with Gasteiger partial charge < -0.3 is 0 Å². The van der Waals surface area contributed by atoms with Gasteiger partial charge in [-0.25, -0.2) is 0 Å². The fourth-order valence-electron chi connectivity index (χ4n) is 6.18. The number of rotatable bonds is 0. The monoisotopic (exact) mass is 278 g/mol. The van der Waals surface area contributed by atoms with Crippen molar-refractivity contribution in [1.29, 1.82) is 0 Å². The van der Waals surface area contributed by atoms with Crippen molar-refractivity contribution in [1.82, 2.24) is 0 Å². The Morgan fingerprint density at radius 1 is 1.14 bits per heavy atom. The smallest absolute Gasteiger partial charge is 0.00654 e. The standard InChI is InChI=1S/C21H26/c1-20-12-17-10-8-14(17)7-9-16-11-15-5-3-4-6-18(15)19(16)21(20,2)13-20/h3-7,16-17,19H,8-13H2,1-2H3/b14-7-/t16-,17?,19?,20?,21?/m1/s1. The average Bonchev–Trinajstić information content (AvgIpc) is 2.81. The molecule has 110 valence electrons. The minimum absolute atomic E-state index is 0.559. The Morgan fingerprint density at radius 2 is 2.00 bits per heavy atom. The quantitative estimate of drug-likeness (QED) is 0.550. The highest BCUT2D eigenvalue weighted by molar-refractivity contribution is 5.42. The second-order valence-corrected chi connectivity index (χ2v) is 8.75. The number of hydrogen-bond donors (Lipinski definition) is 0. The van der Waals surface area contributed by atoms with Crippen LogP contribution in [-0.2, 0) is 6.42 Å². The van der Waals surface area contributed by atoms with E-state index in [9.17, 15) is 0 Å². The van der Waals surface area contributed by atoms with E-state index in [1.165, 1.54) is 38.5 Å². The molecule has 0 aliphatic heterocycles. The maximum Gasteiger partial charge on any atom is -0.00654 e. The molecule has 2 saturated carbocycles. The van der Waals surface area contributed by atoms with Crippen molar-refractivity contribution >= 4 is 0 Å². The molecule has 21 heavy (non-hydrogen) atoms. The zero-order chi connectivity index (χ0) is 14.2. The highest BCUT2D eigenvalue weighted by Crippen LogP contribution is 2.76. The third-order valence-corrected chi connectivity index (χ3v) is 7.73. The molecule has 0 heterocycles. The summed E-state index contributed by atoms with van der Waals surface area (Å²) < 4.78 is 0. The van der Waals surface area contributed by atoms with Gasteiger partial charge in [0.05, 0.1) is 0 Å². The normalized spacial score (nSPS) is 49.0. The van der Waals surface area contributed by atoms with E-state index in [1.807, 2.05) is 5.57 Å². The van der Waals surface area contributed by atoms with Gasteiger partial charge in [0, 0.05) is 0 Å². The number of hydrogen-bond acceptors (Lipinski definition) is 0. The van der Waals surface area contributed by atoms with Crippen LogP contribution < -0.4 is 0 Å². The number of allylic oxidation sites excluding steroid dienone is 2. The molecule has 0 N–H and O–H groups in total. The molecule has 1 aromatic rings. The van der Waals surface area contributed by atoms with Gasteiger partial charge >= 0.3 is 0 Å². The first-order valence-corrected chi connectivity index (χ1v) is 8.87. The van der Waals surface area contributed by atoms with Crippen LogP contribution in [0, 0.1) is 22.7 Å². The summed E-state index contributed by atoms with van der Waals surface area (Å²) in [6.45, 7) is 5.20. The molecule has 0 spiro atoms.